The van der Waals surface area contributed by atoms with E-state index in [1.54, 1.807) is 6.92 Å². The molecule has 1 unspecified atom stereocenters. The predicted molar refractivity (Wildman–Crippen MR) is 99.4 cm³/mol. The first-order valence-corrected chi connectivity index (χ1v) is 8.83. The van der Waals surface area contributed by atoms with E-state index in [1.165, 1.54) is 0 Å². The third kappa shape index (κ3) is 3.61. The average molecular weight is 347 g/mol. The van der Waals surface area contributed by atoms with Crippen molar-refractivity contribution in [3.8, 4) is 11.4 Å². The quantitative estimate of drug-likeness (QED) is 0.744. The van der Waals surface area contributed by atoms with E-state index in [4.69, 9.17) is 4.74 Å². The number of carbonyl (C=O) groups is 1. The van der Waals surface area contributed by atoms with E-state index in [9.17, 15) is 4.79 Å². The molecule has 5 heteroatoms. The van der Waals surface area contributed by atoms with E-state index in [0.717, 1.165) is 17.7 Å². The summed E-state index contributed by atoms with van der Waals surface area (Å²) in [7, 11) is 0. The Morgan fingerprint density at radius 1 is 1.15 bits per heavy atom. The molecule has 4 rings (SSSR count). The topological polar surface area (TPSA) is 56.1 Å². The molecule has 1 aliphatic rings. The van der Waals surface area contributed by atoms with Gasteiger partial charge in [-0.1, -0.05) is 36.4 Å². The molecule has 26 heavy (non-hydrogen) atoms. The van der Waals surface area contributed by atoms with Gasteiger partial charge in [-0.15, -0.1) is 0 Å². The zero-order chi connectivity index (χ0) is 17.9. The van der Waals surface area contributed by atoms with E-state index in [0.29, 0.717) is 11.7 Å². The van der Waals surface area contributed by atoms with Crippen molar-refractivity contribution in [2.24, 2.45) is 0 Å². The van der Waals surface area contributed by atoms with Gasteiger partial charge in [-0.2, -0.15) is 5.10 Å². The second-order valence-corrected chi connectivity index (χ2v) is 6.58. The van der Waals surface area contributed by atoms with Gasteiger partial charge in [0, 0.05) is 18.2 Å². The number of hydrogen-bond donors (Lipinski definition) is 1. The van der Waals surface area contributed by atoms with Crippen molar-refractivity contribution < 1.29 is 9.53 Å². The van der Waals surface area contributed by atoms with E-state index in [-0.39, 0.29) is 11.9 Å². The standard InChI is InChI=1S/C21H21N3O2/c1-15(26-18-10-6-3-7-11-18)21(25)23-20-12-19(20)16-13-22-24(14-16)17-8-4-2-5-9-17/h2-11,13-15,19-20H,12H2,1H3,(H,23,25)/t15?,19-,20+/m0/s1. The Labute approximate surface area is 152 Å². The fourth-order valence-electron chi connectivity index (χ4n) is 3.03. The molecule has 0 saturated heterocycles. The molecule has 3 atom stereocenters. The Hall–Kier alpha value is -3.08. The summed E-state index contributed by atoms with van der Waals surface area (Å²) in [6, 6.07) is 19.6. The van der Waals surface area contributed by atoms with Crippen LogP contribution in [0, 0.1) is 0 Å². The first kappa shape index (κ1) is 16.4. The maximum atomic E-state index is 12.3. The van der Waals surface area contributed by atoms with Gasteiger partial charge >= 0.3 is 0 Å². The van der Waals surface area contributed by atoms with Crippen molar-refractivity contribution in [1.82, 2.24) is 15.1 Å². The molecule has 2 aromatic carbocycles. The van der Waals surface area contributed by atoms with Crippen molar-refractivity contribution in [3.05, 3.63) is 78.6 Å². The molecule has 1 N–H and O–H groups in total. The van der Waals surface area contributed by atoms with Crippen LogP contribution in [0.5, 0.6) is 5.75 Å². The second kappa shape index (κ2) is 7.04. The lowest BCUT2D eigenvalue weighted by molar-refractivity contribution is -0.127. The SMILES string of the molecule is CC(Oc1ccccc1)C(=O)N[C@@H]1C[C@H]1c1cnn(-c2ccccc2)c1. The van der Waals surface area contributed by atoms with Crippen molar-refractivity contribution >= 4 is 5.91 Å². The molecular formula is C21H21N3O2. The summed E-state index contributed by atoms with van der Waals surface area (Å²) in [4.78, 5) is 12.3. The van der Waals surface area contributed by atoms with Gasteiger partial charge in [-0.3, -0.25) is 4.79 Å². The minimum absolute atomic E-state index is 0.0863. The maximum Gasteiger partial charge on any atom is 0.261 e. The van der Waals surface area contributed by atoms with Gasteiger partial charge in [0.15, 0.2) is 6.10 Å². The number of nitrogens with zero attached hydrogens (tertiary/aromatic N) is 2. The molecule has 1 aliphatic carbocycles. The molecule has 0 bridgehead atoms. The van der Waals surface area contributed by atoms with Gasteiger partial charge in [0.2, 0.25) is 0 Å². The molecule has 0 aliphatic heterocycles. The third-order valence-corrected chi connectivity index (χ3v) is 4.59. The van der Waals surface area contributed by atoms with E-state index in [1.807, 2.05) is 77.7 Å². The number of para-hydroxylation sites is 2. The van der Waals surface area contributed by atoms with E-state index in [2.05, 4.69) is 10.4 Å². The summed E-state index contributed by atoms with van der Waals surface area (Å²) < 4.78 is 7.55. The lowest BCUT2D eigenvalue weighted by Crippen LogP contribution is -2.38. The second-order valence-electron chi connectivity index (χ2n) is 6.58. The summed E-state index contributed by atoms with van der Waals surface area (Å²) in [6.45, 7) is 1.77. The number of aromatic nitrogens is 2. The minimum atomic E-state index is -0.523. The molecule has 1 heterocycles. The van der Waals surface area contributed by atoms with Crippen molar-refractivity contribution in [2.45, 2.75) is 31.4 Å². The molecule has 0 spiro atoms. The molecule has 1 aromatic heterocycles. The lowest BCUT2D eigenvalue weighted by atomic mass is 10.2. The lowest BCUT2D eigenvalue weighted by Gasteiger charge is -2.14. The zero-order valence-corrected chi connectivity index (χ0v) is 14.6. The Bertz CT molecular complexity index is 877. The monoisotopic (exact) mass is 347 g/mol. The van der Waals surface area contributed by atoms with Crippen LogP contribution in [0.15, 0.2) is 73.1 Å². The largest absolute Gasteiger partial charge is 0.481 e. The Balaban J connectivity index is 1.33. The summed E-state index contributed by atoms with van der Waals surface area (Å²) in [5, 5.41) is 7.50. The van der Waals surface area contributed by atoms with Crippen LogP contribution in [0.4, 0.5) is 0 Å². The normalized spacial score (nSPS) is 19.6. The number of hydrogen-bond acceptors (Lipinski definition) is 3. The predicted octanol–water partition coefficient (Wildman–Crippen LogP) is 3.31. The van der Waals surface area contributed by atoms with Gasteiger partial charge in [0.1, 0.15) is 5.75 Å². The maximum absolute atomic E-state index is 12.3. The van der Waals surface area contributed by atoms with Crippen LogP contribution in [0.1, 0.15) is 24.8 Å². The van der Waals surface area contributed by atoms with Gasteiger partial charge in [0.25, 0.3) is 5.91 Å². The number of amides is 1. The molecule has 1 amide bonds. The molecule has 3 aromatic rings. The first-order chi connectivity index (χ1) is 12.7. The number of rotatable bonds is 6. The van der Waals surface area contributed by atoms with Crippen LogP contribution in [0.25, 0.3) is 5.69 Å². The molecular weight excluding hydrogens is 326 g/mol. The molecule has 5 nitrogen and oxygen atoms in total. The number of nitrogens with one attached hydrogen (secondary N) is 1. The molecule has 1 fully saturated rings. The van der Waals surface area contributed by atoms with E-state index >= 15 is 0 Å². The summed E-state index contributed by atoms with van der Waals surface area (Å²) in [5.74, 6) is 0.934. The summed E-state index contributed by atoms with van der Waals surface area (Å²) in [5.41, 5.74) is 2.18. The van der Waals surface area contributed by atoms with Gasteiger partial charge in [0.05, 0.1) is 11.9 Å². The highest BCUT2D eigenvalue weighted by Gasteiger charge is 2.41. The fourth-order valence-corrected chi connectivity index (χ4v) is 3.03. The Kier molecular flexibility index (Phi) is 4.44. The Morgan fingerprint density at radius 2 is 1.85 bits per heavy atom. The van der Waals surface area contributed by atoms with Crippen LogP contribution in [0.2, 0.25) is 0 Å². The number of benzene rings is 2. The fraction of sp³-hybridized carbons (Fsp3) is 0.238. The number of carbonyl (C=O) groups excluding carboxylic acids is 1. The van der Waals surface area contributed by atoms with Crippen LogP contribution in [-0.2, 0) is 4.79 Å². The van der Waals surface area contributed by atoms with Gasteiger partial charge < -0.3 is 10.1 Å². The van der Waals surface area contributed by atoms with Crippen LogP contribution >= 0.6 is 0 Å². The Morgan fingerprint density at radius 3 is 2.58 bits per heavy atom. The highest BCUT2D eigenvalue weighted by molar-refractivity contribution is 5.81. The van der Waals surface area contributed by atoms with Crippen LogP contribution < -0.4 is 10.1 Å². The highest BCUT2D eigenvalue weighted by atomic mass is 16.5. The molecule has 132 valence electrons. The van der Waals surface area contributed by atoms with Gasteiger partial charge in [-0.25, -0.2) is 4.68 Å². The molecule has 1 saturated carbocycles. The highest BCUT2D eigenvalue weighted by Crippen LogP contribution is 2.40. The summed E-state index contributed by atoms with van der Waals surface area (Å²) >= 11 is 0. The van der Waals surface area contributed by atoms with Gasteiger partial charge in [-0.05, 0) is 43.2 Å². The molecule has 0 radical (unpaired) electrons. The van der Waals surface area contributed by atoms with Crippen LogP contribution in [-0.4, -0.2) is 27.8 Å². The third-order valence-electron chi connectivity index (χ3n) is 4.59. The van der Waals surface area contributed by atoms with Crippen molar-refractivity contribution in [3.63, 3.8) is 0 Å². The zero-order valence-electron chi connectivity index (χ0n) is 14.6. The van der Waals surface area contributed by atoms with Crippen molar-refractivity contribution in [1.29, 1.82) is 0 Å². The number of ether oxygens (including phenoxy) is 1. The van der Waals surface area contributed by atoms with Crippen molar-refractivity contribution in [2.75, 3.05) is 0 Å². The first-order valence-electron chi connectivity index (χ1n) is 8.83. The van der Waals surface area contributed by atoms with Crippen LogP contribution in [0.3, 0.4) is 0 Å². The smallest absolute Gasteiger partial charge is 0.261 e. The summed E-state index contributed by atoms with van der Waals surface area (Å²) in [6.07, 6.45) is 4.33. The van der Waals surface area contributed by atoms with E-state index < -0.39 is 6.10 Å². The minimum Gasteiger partial charge on any atom is -0.481 e. The average Bonchev–Trinajstić information content (AvgIpc) is 3.26.